The summed E-state index contributed by atoms with van der Waals surface area (Å²) in [6, 6.07) is 9.00. The zero-order valence-corrected chi connectivity index (χ0v) is 26.4. The molecule has 0 fully saturated rings. The number of benzene rings is 2. The number of halogens is 4. The number of nitrogens with one attached hydrogen (secondary N) is 1. The monoisotopic (exact) mass is 609 g/mol. The first-order valence-electron chi connectivity index (χ1n) is 12.4. The van der Waals surface area contributed by atoms with Crippen LogP contribution in [-0.4, -0.2) is 36.0 Å². The van der Waals surface area contributed by atoms with Crippen LogP contribution in [0.15, 0.2) is 36.4 Å². The quantitative estimate of drug-likeness (QED) is 0.140. The Morgan fingerprint density at radius 2 is 1.74 bits per heavy atom. The second-order valence-corrected chi connectivity index (χ2v) is 21.7. The van der Waals surface area contributed by atoms with Crippen LogP contribution in [0.4, 0.5) is 18.9 Å². The molecule has 0 aliphatic carbocycles. The van der Waals surface area contributed by atoms with Crippen molar-refractivity contribution in [3.63, 3.8) is 0 Å². The van der Waals surface area contributed by atoms with Crippen molar-refractivity contribution in [1.82, 2.24) is 0 Å². The highest BCUT2D eigenvalue weighted by molar-refractivity contribution is 7.48. The standard InChI is InChI=1S/C25H36ClF3NO5PSi2/c1-18-14-19(25(27,28)29)16-21(15-18)30-24(31)22-17-20(26)8-9-23(22)35-36(32,33-10-7-12-37(2)3)34-11-13-38(4,5)6/h8-9,14-17,37H,7,10-13H2,1-6H3,(H,30,31). The van der Waals surface area contributed by atoms with Gasteiger partial charge in [0, 0.05) is 27.6 Å². The number of hydrogen-bond donors (Lipinski definition) is 1. The number of aryl methyl sites for hydroxylation is 1. The Balaban J connectivity index is 2.32. The second kappa shape index (κ2) is 13.6. The summed E-state index contributed by atoms with van der Waals surface area (Å²) in [6.07, 6.45) is -3.89. The van der Waals surface area contributed by atoms with Crippen LogP contribution >= 0.6 is 19.4 Å². The van der Waals surface area contributed by atoms with Crippen molar-refractivity contribution in [2.45, 2.75) is 64.3 Å². The molecule has 1 unspecified atom stereocenters. The largest absolute Gasteiger partial charge is 0.530 e. The third-order valence-electron chi connectivity index (χ3n) is 5.34. The van der Waals surface area contributed by atoms with Gasteiger partial charge in [0.15, 0.2) is 0 Å². The number of phosphoric ester groups is 1. The summed E-state index contributed by atoms with van der Waals surface area (Å²) in [7, 11) is -6.47. The van der Waals surface area contributed by atoms with Gasteiger partial charge in [0.25, 0.3) is 5.91 Å². The lowest BCUT2D eigenvalue weighted by atomic mass is 10.1. The lowest BCUT2D eigenvalue weighted by molar-refractivity contribution is -0.137. The Hall–Kier alpha value is -1.63. The van der Waals surface area contributed by atoms with Crippen molar-refractivity contribution in [2.75, 3.05) is 18.5 Å². The molecule has 2 aromatic carbocycles. The molecule has 1 N–H and O–H groups in total. The number of carbonyl (C=O) groups excluding carboxylic acids is 1. The second-order valence-electron chi connectivity index (χ2n) is 10.7. The smallest absolute Gasteiger partial charge is 0.403 e. The molecule has 1 amide bonds. The molecule has 0 heterocycles. The molecular weight excluding hydrogens is 574 g/mol. The van der Waals surface area contributed by atoms with E-state index in [9.17, 15) is 22.5 Å². The highest BCUT2D eigenvalue weighted by Crippen LogP contribution is 2.51. The molecule has 0 saturated heterocycles. The Kier molecular flexibility index (Phi) is 11.7. The molecule has 6 nitrogen and oxygen atoms in total. The zero-order valence-electron chi connectivity index (χ0n) is 22.6. The van der Waals surface area contributed by atoms with E-state index in [1.165, 1.54) is 31.2 Å². The predicted molar refractivity (Wildman–Crippen MR) is 152 cm³/mol. The van der Waals surface area contributed by atoms with Gasteiger partial charge in [-0.1, -0.05) is 50.4 Å². The number of rotatable bonds is 13. The molecule has 1 atom stereocenters. The molecule has 212 valence electrons. The number of anilines is 1. The maximum atomic E-state index is 13.6. The van der Waals surface area contributed by atoms with Crippen molar-refractivity contribution < 1.29 is 36.1 Å². The van der Waals surface area contributed by atoms with E-state index in [2.05, 4.69) is 38.1 Å². The first-order valence-corrected chi connectivity index (χ1v) is 21.0. The van der Waals surface area contributed by atoms with Crippen LogP contribution in [0.2, 0.25) is 49.8 Å². The van der Waals surface area contributed by atoms with Gasteiger partial charge in [-0.15, -0.1) is 0 Å². The van der Waals surface area contributed by atoms with E-state index < -0.39 is 42.3 Å². The number of hydrogen-bond acceptors (Lipinski definition) is 5. The van der Waals surface area contributed by atoms with Crippen LogP contribution in [0.1, 0.15) is 27.9 Å². The van der Waals surface area contributed by atoms with E-state index in [1.54, 1.807) is 0 Å². The summed E-state index contributed by atoms with van der Waals surface area (Å²) in [6.45, 7) is 12.6. The van der Waals surface area contributed by atoms with Gasteiger partial charge in [0.2, 0.25) is 0 Å². The summed E-state index contributed by atoms with van der Waals surface area (Å²) < 4.78 is 70.3. The number of amides is 1. The van der Waals surface area contributed by atoms with E-state index in [0.29, 0.717) is 18.0 Å². The number of alkyl halides is 3. The Bertz CT molecular complexity index is 1160. The first-order chi connectivity index (χ1) is 17.5. The van der Waals surface area contributed by atoms with Crippen LogP contribution in [0, 0.1) is 6.92 Å². The average molecular weight is 610 g/mol. The van der Waals surface area contributed by atoms with Crippen molar-refractivity contribution >= 4 is 47.9 Å². The lowest BCUT2D eigenvalue weighted by Crippen LogP contribution is -2.22. The number of phosphoric acid groups is 1. The zero-order chi connectivity index (χ0) is 28.7. The third-order valence-corrected chi connectivity index (χ3v) is 10.3. The molecule has 38 heavy (non-hydrogen) atoms. The van der Waals surface area contributed by atoms with Crippen molar-refractivity contribution in [3.8, 4) is 5.75 Å². The fourth-order valence-electron chi connectivity index (χ4n) is 3.32. The molecule has 0 radical (unpaired) electrons. The van der Waals surface area contributed by atoms with Crippen LogP contribution in [0.25, 0.3) is 0 Å². The molecule has 0 spiro atoms. The average Bonchev–Trinajstić information content (AvgIpc) is 2.76. The first kappa shape index (κ1) is 32.6. The fourth-order valence-corrected chi connectivity index (χ4v) is 6.61. The fraction of sp³-hybridized carbons (Fsp3) is 0.480. The maximum absolute atomic E-state index is 13.6. The van der Waals surface area contributed by atoms with Crippen LogP contribution < -0.4 is 9.84 Å². The highest BCUT2D eigenvalue weighted by Gasteiger charge is 2.33. The molecule has 0 saturated carbocycles. The summed E-state index contributed by atoms with van der Waals surface area (Å²) in [5.41, 5.74) is -0.763. The minimum Gasteiger partial charge on any atom is -0.403 e. The minimum atomic E-state index is -4.58. The SMILES string of the molecule is Cc1cc(NC(=O)c2cc(Cl)ccc2OP(=O)(OCCC[SiH](C)C)OCC[Si](C)(C)C)cc(C(F)(F)F)c1. The van der Waals surface area contributed by atoms with E-state index >= 15 is 0 Å². The van der Waals surface area contributed by atoms with Gasteiger partial charge in [0.05, 0.1) is 24.3 Å². The molecule has 0 bridgehead atoms. The summed E-state index contributed by atoms with van der Waals surface area (Å²) in [5.74, 6) is -0.911. The number of carbonyl (C=O) groups is 1. The van der Waals surface area contributed by atoms with Gasteiger partial charge in [-0.3, -0.25) is 13.8 Å². The van der Waals surface area contributed by atoms with E-state index in [1.807, 2.05) is 0 Å². The topological polar surface area (TPSA) is 73.9 Å². The molecule has 2 rings (SSSR count). The molecule has 0 aliphatic rings. The van der Waals surface area contributed by atoms with Crippen molar-refractivity contribution in [3.05, 3.63) is 58.1 Å². The van der Waals surface area contributed by atoms with Gasteiger partial charge in [-0.25, -0.2) is 4.57 Å². The van der Waals surface area contributed by atoms with Crippen LogP contribution in [-0.2, 0) is 19.8 Å². The van der Waals surface area contributed by atoms with Gasteiger partial charge in [0.1, 0.15) is 5.75 Å². The minimum absolute atomic E-state index is 0.0584. The lowest BCUT2D eigenvalue weighted by Gasteiger charge is -2.22. The van der Waals surface area contributed by atoms with E-state index in [-0.39, 0.29) is 35.2 Å². The van der Waals surface area contributed by atoms with Crippen LogP contribution in [0.5, 0.6) is 5.75 Å². The van der Waals surface area contributed by atoms with Crippen molar-refractivity contribution in [2.24, 2.45) is 0 Å². The molecule has 0 aliphatic heterocycles. The van der Waals surface area contributed by atoms with Gasteiger partial charge >= 0.3 is 14.0 Å². The Labute approximate surface area is 230 Å². The predicted octanol–water partition coefficient (Wildman–Crippen LogP) is 8.65. The Morgan fingerprint density at radius 3 is 2.34 bits per heavy atom. The highest BCUT2D eigenvalue weighted by atomic mass is 35.5. The van der Waals surface area contributed by atoms with Gasteiger partial charge in [-0.2, -0.15) is 13.2 Å². The van der Waals surface area contributed by atoms with E-state index in [4.69, 9.17) is 25.2 Å². The Morgan fingerprint density at radius 1 is 1.08 bits per heavy atom. The maximum Gasteiger partial charge on any atom is 0.530 e. The molecular formula is C25H36ClF3NO5PSi2. The summed E-state index contributed by atoms with van der Waals surface area (Å²) >= 11 is 6.10. The van der Waals surface area contributed by atoms with Gasteiger partial charge in [-0.05, 0) is 61.4 Å². The third kappa shape index (κ3) is 11.2. The summed E-state index contributed by atoms with van der Waals surface area (Å²) in [4.78, 5) is 13.1. The molecule has 2 aromatic rings. The summed E-state index contributed by atoms with van der Waals surface area (Å²) in [5, 5.41) is 2.63. The normalized spacial score (nSPS) is 13.9. The van der Waals surface area contributed by atoms with Crippen molar-refractivity contribution in [1.29, 1.82) is 0 Å². The van der Waals surface area contributed by atoms with Gasteiger partial charge < -0.3 is 9.84 Å². The van der Waals surface area contributed by atoms with E-state index in [0.717, 1.165) is 18.2 Å². The molecule has 0 aromatic heterocycles. The molecule has 13 heteroatoms. The van der Waals surface area contributed by atoms with Crippen LogP contribution in [0.3, 0.4) is 0 Å².